The molecule has 8 nitrogen and oxygen atoms in total. The number of hydrogen-bond acceptors (Lipinski definition) is 5. The summed E-state index contributed by atoms with van der Waals surface area (Å²) in [5.74, 6) is 0.958. The van der Waals surface area contributed by atoms with Crippen molar-refractivity contribution >= 4 is 23.1 Å². The average Bonchev–Trinajstić information content (AvgIpc) is 3.04. The molecule has 0 atom stereocenters. The van der Waals surface area contributed by atoms with Gasteiger partial charge in [0.15, 0.2) is 5.65 Å². The Morgan fingerprint density at radius 1 is 1.23 bits per heavy atom. The third kappa shape index (κ3) is 3.09. The van der Waals surface area contributed by atoms with E-state index in [-0.39, 0.29) is 12.1 Å². The number of aromatic nitrogens is 3. The molecule has 0 unspecified atom stereocenters. The number of carbonyl (C=O) groups excluding carboxylic acids is 1. The van der Waals surface area contributed by atoms with Crippen LogP contribution in [0.4, 0.5) is 10.7 Å². The molecule has 0 N–H and O–H groups in total. The van der Waals surface area contributed by atoms with Gasteiger partial charge < -0.3 is 19.4 Å². The zero-order valence-electron chi connectivity index (χ0n) is 15.5. The monoisotopic (exact) mass is 358 g/mol. The van der Waals surface area contributed by atoms with Crippen molar-refractivity contribution in [3.05, 3.63) is 18.3 Å². The lowest BCUT2D eigenvalue weighted by atomic mass is 10.0. The van der Waals surface area contributed by atoms with E-state index in [1.54, 1.807) is 6.20 Å². The number of carbonyl (C=O) groups is 1. The number of amides is 2. The molecule has 2 amide bonds. The van der Waals surface area contributed by atoms with E-state index in [0.717, 1.165) is 43.0 Å². The minimum absolute atomic E-state index is 0.124. The summed E-state index contributed by atoms with van der Waals surface area (Å²) in [6.45, 7) is 4.44. The molecule has 2 aliphatic heterocycles. The molecule has 140 valence electrons. The highest BCUT2D eigenvalue weighted by atomic mass is 16.5. The van der Waals surface area contributed by atoms with Crippen molar-refractivity contribution in [2.24, 2.45) is 7.05 Å². The molecule has 0 radical (unpaired) electrons. The second kappa shape index (κ2) is 7.11. The van der Waals surface area contributed by atoms with Crippen LogP contribution in [0.25, 0.3) is 11.2 Å². The van der Waals surface area contributed by atoms with Crippen LogP contribution in [0.1, 0.15) is 12.8 Å². The zero-order valence-corrected chi connectivity index (χ0v) is 15.5. The van der Waals surface area contributed by atoms with Crippen molar-refractivity contribution in [1.82, 2.24) is 24.3 Å². The lowest BCUT2D eigenvalue weighted by Crippen LogP contribution is -2.52. The van der Waals surface area contributed by atoms with Gasteiger partial charge in [-0.2, -0.15) is 0 Å². The second-order valence-electron chi connectivity index (χ2n) is 7.03. The molecule has 0 bridgehead atoms. The molecule has 2 saturated heterocycles. The normalized spacial score (nSPS) is 19.2. The molecule has 0 aliphatic carbocycles. The first-order valence-corrected chi connectivity index (χ1v) is 9.27. The fraction of sp³-hybridized carbons (Fsp3) is 0.611. The predicted octanol–water partition coefficient (Wildman–Crippen LogP) is 1.32. The molecule has 2 aromatic rings. The molecule has 0 spiro atoms. The van der Waals surface area contributed by atoms with Gasteiger partial charge in [0, 0.05) is 52.5 Å². The van der Waals surface area contributed by atoms with Gasteiger partial charge in [-0.3, -0.25) is 4.57 Å². The molecule has 2 aliphatic rings. The molecule has 4 heterocycles. The van der Waals surface area contributed by atoms with E-state index in [1.165, 1.54) is 0 Å². The number of hydrogen-bond donors (Lipinski definition) is 0. The second-order valence-corrected chi connectivity index (χ2v) is 7.03. The lowest BCUT2D eigenvalue weighted by Gasteiger charge is -2.39. The van der Waals surface area contributed by atoms with Crippen LogP contribution in [-0.2, 0) is 11.8 Å². The van der Waals surface area contributed by atoms with Gasteiger partial charge in [-0.25, -0.2) is 14.8 Å². The highest BCUT2D eigenvalue weighted by Gasteiger charge is 2.30. The number of anilines is 1. The Kier molecular flexibility index (Phi) is 4.67. The fourth-order valence-corrected chi connectivity index (χ4v) is 3.88. The Balaban J connectivity index is 1.40. The van der Waals surface area contributed by atoms with Gasteiger partial charge in [-0.05, 0) is 25.0 Å². The quantitative estimate of drug-likeness (QED) is 0.810. The third-order valence-electron chi connectivity index (χ3n) is 5.48. The van der Waals surface area contributed by atoms with E-state index in [9.17, 15) is 4.79 Å². The van der Waals surface area contributed by atoms with Crippen LogP contribution in [0.15, 0.2) is 18.3 Å². The van der Waals surface area contributed by atoms with Crippen LogP contribution >= 0.6 is 0 Å². The van der Waals surface area contributed by atoms with E-state index in [2.05, 4.69) is 14.5 Å². The average molecular weight is 358 g/mol. The molecular formula is C18H26N6O2. The van der Waals surface area contributed by atoms with Gasteiger partial charge in [0.1, 0.15) is 5.52 Å². The standard InChI is InChI=1S/C18H26N6O2/c1-21(18(25)24-10-12-26-13-11-24)14-5-8-23(9-6-14)17-20-15-4-3-7-19-16(15)22(17)2/h3-4,7,14H,5-6,8-13H2,1-2H3. The summed E-state index contributed by atoms with van der Waals surface area (Å²) in [6.07, 6.45) is 3.69. The molecule has 4 rings (SSSR count). The van der Waals surface area contributed by atoms with Crippen molar-refractivity contribution in [1.29, 1.82) is 0 Å². The summed E-state index contributed by atoms with van der Waals surface area (Å²) in [7, 11) is 3.94. The molecule has 8 heteroatoms. The minimum Gasteiger partial charge on any atom is -0.378 e. The number of pyridine rings is 1. The summed E-state index contributed by atoms with van der Waals surface area (Å²) in [4.78, 5) is 27.9. The van der Waals surface area contributed by atoms with Crippen molar-refractivity contribution in [3.8, 4) is 0 Å². The number of nitrogens with zero attached hydrogens (tertiary/aromatic N) is 6. The van der Waals surface area contributed by atoms with Crippen LogP contribution in [-0.4, -0.2) is 82.8 Å². The maximum absolute atomic E-state index is 12.7. The Morgan fingerprint density at radius 3 is 2.65 bits per heavy atom. The number of urea groups is 1. The van der Waals surface area contributed by atoms with Crippen LogP contribution in [0.2, 0.25) is 0 Å². The fourth-order valence-electron chi connectivity index (χ4n) is 3.88. The molecule has 0 saturated carbocycles. The van der Waals surface area contributed by atoms with Crippen LogP contribution in [0, 0.1) is 0 Å². The largest absolute Gasteiger partial charge is 0.378 e. The van der Waals surface area contributed by atoms with Crippen LogP contribution in [0.3, 0.4) is 0 Å². The summed E-state index contributed by atoms with van der Waals surface area (Å²) in [5.41, 5.74) is 1.83. The number of rotatable bonds is 2. The number of aryl methyl sites for hydroxylation is 1. The third-order valence-corrected chi connectivity index (χ3v) is 5.48. The highest BCUT2D eigenvalue weighted by molar-refractivity contribution is 5.75. The molecule has 26 heavy (non-hydrogen) atoms. The summed E-state index contributed by atoms with van der Waals surface area (Å²) in [5, 5.41) is 0. The van der Waals surface area contributed by atoms with Gasteiger partial charge in [-0.1, -0.05) is 0 Å². The Bertz CT molecular complexity index is 777. The van der Waals surface area contributed by atoms with Crippen molar-refractivity contribution in [2.45, 2.75) is 18.9 Å². The predicted molar refractivity (Wildman–Crippen MR) is 99.3 cm³/mol. The maximum Gasteiger partial charge on any atom is 0.320 e. The summed E-state index contributed by atoms with van der Waals surface area (Å²) in [6, 6.07) is 4.30. The van der Waals surface area contributed by atoms with Gasteiger partial charge in [0.2, 0.25) is 5.95 Å². The van der Waals surface area contributed by atoms with Crippen LogP contribution < -0.4 is 4.90 Å². The molecule has 0 aromatic carbocycles. The summed E-state index contributed by atoms with van der Waals surface area (Å²) < 4.78 is 7.39. The highest BCUT2D eigenvalue weighted by Crippen LogP contribution is 2.24. The van der Waals surface area contributed by atoms with Gasteiger partial charge in [0.25, 0.3) is 0 Å². The first-order valence-electron chi connectivity index (χ1n) is 9.27. The van der Waals surface area contributed by atoms with E-state index in [0.29, 0.717) is 26.3 Å². The van der Waals surface area contributed by atoms with E-state index >= 15 is 0 Å². The number of fused-ring (bicyclic) bond motifs is 1. The summed E-state index contributed by atoms with van der Waals surface area (Å²) >= 11 is 0. The first kappa shape index (κ1) is 17.1. The number of piperidine rings is 1. The smallest absolute Gasteiger partial charge is 0.320 e. The van der Waals surface area contributed by atoms with E-state index in [1.807, 2.05) is 36.0 Å². The van der Waals surface area contributed by atoms with Crippen LogP contribution in [0.5, 0.6) is 0 Å². The van der Waals surface area contributed by atoms with E-state index in [4.69, 9.17) is 9.72 Å². The Hall–Kier alpha value is -2.35. The van der Waals surface area contributed by atoms with Crippen molar-refractivity contribution in [2.75, 3.05) is 51.3 Å². The Morgan fingerprint density at radius 2 is 1.96 bits per heavy atom. The molecular weight excluding hydrogens is 332 g/mol. The van der Waals surface area contributed by atoms with Crippen molar-refractivity contribution < 1.29 is 9.53 Å². The number of morpholine rings is 1. The van der Waals surface area contributed by atoms with E-state index < -0.39 is 0 Å². The van der Waals surface area contributed by atoms with Gasteiger partial charge >= 0.3 is 6.03 Å². The van der Waals surface area contributed by atoms with Crippen molar-refractivity contribution in [3.63, 3.8) is 0 Å². The lowest BCUT2D eigenvalue weighted by molar-refractivity contribution is 0.0409. The zero-order chi connectivity index (χ0) is 18.1. The SMILES string of the molecule is CN(C(=O)N1CCOCC1)C1CCN(c2nc3cccnc3n2C)CC1. The number of ether oxygens (including phenoxy) is 1. The first-order chi connectivity index (χ1) is 12.6. The topological polar surface area (TPSA) is 66.7 Å². The van der Waals surface area contributed by atoms with Gasteiger partial charge in [-0.15, -0.1) is 0 Å². The molecule has 2 fully saturated rings. The van der Waals surface area contributed by atoms with Gasteiger partial charge in [0.05, 0.1) is 13.2 Å². The minimum atomic E-state index is 0.124. The maximum atomic E-state index is 12.7. The Labute approximate surface area is 153 Å². The number of imidazole rings is 1. The molecule has 2 aromatic heterocycles.